The van der Waals surface area contributed by atoms with Crippen LogP contribution in [0.1, 0.15) is 37.1 Å². The molecule has 2 rings (SSSR count). The Morgan fingerprint density at radius 2 is 2.33 bits per heavy atom. The normalized spacial score (nSPS) is 21.2. The SMILES string of the molecule is Cc1ccsc1C(C)(C)CNCC1CCCNC1. The number of thiophene rings is 1. The predicted molar refractivity (Wildman–Crippen MR) is 80.5 cm³/mol. The Morgan fingerprint density at radius 1 is 1.50 bits per heavy atom. The molecule has 0 radical (unpaired) electrons. The summed E-state index contributed by atoms with van der Waals surface area (Å²) < 4.78 is 0. The molecule has 3 heteroatoms. The van der Waals surface area contributed by atoms with Gasteiger partial charge in [-0.2, -0.15) is 0 Å². The Labute approximate surface area is 115 Å². The Morgan fingerprint density at radius 3 is 2.94 bits per heavy atom. The number of piperidine rings is 1. The van der Waals surface area contributed by atoms with Gasteiger partial charge in [-0.3, -0.25) is 0 Å². The molecular weight excluding hydrogens is 240 g/mol. The van der Waals surface area contributed by atoms with Gasteiger partial charge >= 0.3 is 0 Å². The van der Waals surface area contributed by atoms with E-state index in [-0.39, 0.29) is 5.41 Å². The second kappa shape index (κ2) is 6.18. The highest BCUT2D eigenvalue weighted by Crippen LogP contribution is 2.30. The van der Waals surface area contributed by atoms with Crippen molar-refractivity contribution in [2.45, 2.75) is 39.0 Å². The highest BCUT2D eigenvalue weighted by molar-refractivity contribution is 7.10. The smallest absolute Gasteiger partial charge is 0.0143 e. The number of rotatable bonds is 5. The molecule has 1 aliphatic rings. The van der Waals surface area contributed by atoms with Gasteiger partial charge in [0.15, 0.2) is 0 Å². The zero-order valence-corrected chi connectivity index (χ0v) is 12.7. The van der Waals surface area contributed by atoms with Crippen LogP contribution < -0.4 is 10.6 Å². The average molecular weight is 266 g/mol. The fourth-order valence-electron chi connectivity index (χ4n) is 2.83. The van der Waals surface area contributed by atoms with Crippen molar-refractivity contribution < 1.29 is 0 Å². The third-order valence-electron chi connectivity index (χ3n) is 3.88. The van der Waals surface area contributed by atoms with Gasteiger partial charge < -0.3 is 10.6 Å². The van der Waals surface area contributed by atoms with Crippen molar-refractivity contribution in [1.82, 2.24) is 10.6 Å². The van der Waals surface area contributed by atoms with Crippen LogP contribution in [0.15, 0.2) is 11.4 Å². The van der Waals surface area contributed by atoms with Crippen molar-refractivity contribution >= 4 is 11.3 Å². The van der Waals surface area contributed by atoms with E-state index >= 15 is 0 Å². The van der Waals surface area contributed by atoms with Crippen molar-refractivity contribution in [3.63, 3.8) is 0 Å². The van der Waals surface area contributed by atoms with E-state index in [9.17, 15) is 0 Å². The summed E-state index contributed by atoms with van der Waals surface area (Å²) in [5.41, 5.74) is 1.69. The Kier molecular flexibility index (Phi) is 4.82. The van der Waals surface area contributed by atoms with Crippen LogP contribution in [0.4, 0.5) is 0 Å². The molecule has 18 heavy (non-hydrogen) atoms. The van der Waals surface area contributed by atoms with Gasteiger partial charge in [-0.25, -0.2) is 0 Å². The molecular formula is C15H26N2S. The van der Waals surface area contributed by atoms with E-state index in [0.717, 1.165) is 19.0 Å². The molecule has 0 amide bonds. The van der Waals surface area contributed by atoms with E-state index in [1.807, 2.05) is 11.3 Å². The number of hydrogen-bond acceptors (Lipinski definition) is 3. The van der Waals surface area contributed by atoms with Crippen molar-refractivity contribution in [1.29, 1.82) is 0 Å². The van der Waals surface area contributed by atoms with E-state index < -0.39 is 0 Å². The minimum Gasteiger partial charge on any atom is -0.316 e. The molecule has 1 unspecified atom stereocenters. The van der Waals surface area contributed by atoms with Gasteiger partial charge in [-0.15, -0.1) is 11.3 Å². The number of aryl methyl sites for hydroxylation is 1. The first-order valence-corrected chi connectivity index (χ1v) is 7.93. The van der Waals surface area contributed by atoms with E-state index in [4.69, 9.17) is 0 Å². The third-order valence-corrected chi connectivity index (χ3v) is 5.26. The molecule has 1 saturated heterocycles. The lowest BCUT2D eigenvalue weighted by Gasteiger charge is -2.28. The van der Waals surface area contributed by atoms with Crippen LogP contribution in [-0.4, -0.2) is 26.2 Å². The monoisotopic (exact) mass is 266 g/mol. The van der Waals surface area contributed by atoms with Crippen molar-refractivity contribution in [2.75, 3.05) is 26.2 Å². The standard InChI is InChI=1S/C15H26N2S/c1-12-6-8-18-14(12)15(2,3)11-17-10-13-5-4-7-16-9-13/h6,8,13,16-17H,4-5,7,9-11H2,1-3H3. The van der Waals surface area contributed by atoms with Crippen molar-refractivity contribution in [2.24, 2.45) is 5.92 Å². The van der Waals surface area contributed by atoms with Crippen LogP contribution in [-0.2, 0) is 5.41 Å². The van der Waals surface area contributed by atoms with Gasteiger partial charge in [0.25, 0.3) is 0 Å². The summed E-state index contributed by atoms with van der Waals surface area (Å²) in [5, 5.41) is 9.36. The van der Waals surface area contributed by atoms with Crippen molar-refractivity contribution in [3.8, 4) is 0 Å². The molecule has 1 fully saturated rings. The predicted octanol–water partition coefficient (Wildman–Crippen LogP) is 2.92. The molecule has 2 N–H and O–H groups in total. The first kappa shape index (κ1) is 14.0. The van der Waals surface area contributed by atoms with Gasteiger partial charge in [-0.05, 0) is 62.3 Å². The first-order chi connectivity index (χ1) is 8.59. The lowest BCUT2D eigenvalue weighted by Crippen LogP contribution is -2.40. The zero-order valence-electron chi connectivity index (χ0n) is 11.9. The van der Waals surface area contributed by atoms with Crippen LogP contribution in [0.2, 0.25) is 0 Å². The summed E-state index contributed by atoms with van der Waals surface area (Å²) >= 11 is 1.89. The van der Waals surface area contributed by atoms with Crippen molar-refractivity contribution in [3.05, 3.63) is 21.9 Å². The molecule has 1 aliphatic heterocycles. The van der Waals surface area contributed by atoms with Crippen LogP contribution >= 0.6 is 11.3 Å². The Bertz CT molecular complexity index is 364. The maximum Gasteiger partial charge on any atom is 0.0143 e. The van der Waals surface area contributed by atoms with E-state index in [0.29, 0.717) is 0 Å². The molecule has 2 nitrogen and oxygen atoms in total. The van der Waals surface area contributed by atoms with Crippen LogP contribution in [0.3, 0.4) is 0 Å². The number of nitrogens with one attached hydrogen (secondary N) is 2. The average Bonchev–Trinajstić information content (AvgIpc) is 2.77. The summed E-state index contributed by atoms with van der Waals surface area (Å²) in [5.74, 6) is 0.819. The lowest BCUT2D eigenvalue weighted by atomic mass is 9.89. The zero-order chi connectivity index (χ0) is 13.0. The summed E-state index contributed by atoms with van der Waals surface area (Å²) in [6.07, 6.45) is 2.71. The largest absolute Gasteiger partial charge is 0.316 e. The van der Waals surface area contributed by atoms with Gasteiger partial charge in [0.1, 0.15) is 0 Å². The van der Waals surface area contributed by atoms with E-state index in [1.54, 1.807) is 0 Å². The highest BCUT2D eigenvalue weighted by atomic mass is 32.1. The minimum absolute atomic E-state index is 0.250. The maximum absolute atomic E-state index is 3.68. The molecule has 102 valence electrons. The molecule has 2 heterocycles. The summed E-state index contributed by atoms with van der Waals surface area (Å²) in [4.78, 5) is 1.52. The second-order valence-corrected chi connectivity index (χ2v) is 7.08. The third kappa shape index (κ3) is 3.56. The molecule has 0 saturated carbocycles. The fourth-order valence-corrected chi connectivity index (χ4v) is 3.89. The van der Waals surface area contributed by atoms with Gasteiger partial charge in [0, 0.05) is 16.8 Å². The molecule has 1 atom stereocenters. The van der Waals surface area contributed by atoms with Gasteiger partial charge in [0.2, 0.25) is 0 Å². The van der Waals surface area contributed by atoms with Crippen LogP contribution in [0.5, 0.6) is 0 Å². The first-order valence-electron chi connectivity index (χ1n) is 7.05. The summed E-state index contributed by atoms with van der Waals surface area (Å²) in [7, 11) is 0. The van der Waals surface area contributed by atoms with Crippen LogP contribution in [0.25, 0.3) is 0 Å². The fraction of sp³-hybridized carbons (Fsp3) is 0.733. The quantitative estimate of drug-likeness (QED) is 0.856. The molecule has 0 bridgehead atoms. The topological polar surface area (TPSA) is 24.1 Å². The lowest BCUT2D eigenvalue weighted by molar-refractivity contribution is 0.346. The van der Waals surface area contributed by atoms with E-state index in [2.05, 4.69) is 42.9 Å². The Hall–Kier alpha value is -0.380. The minimum atomic E-state index is 0.250. The maximum atomic E-state index is 3.68. The molecule has 1 aromatic heterocycles. The summed E-state index contributed by atoms with van der Waals surface area (Å²) in [6.45, 7) is 11.5. The highest BCUT2D eigenvalue weighted by Gasteiger charge is 2.24. The summed E-state index contributed by atoms with van der Waals surface area (Å²) in [6, 6.07) is 2.23. The molecule has 1 aromatic rings. The Balaban J connectivity index is 1.80. The molecule has 0 aliphatic carbocycles. The molecule has 0 aromatic carbocycles. The van der Waals surface area contributed by atoms with Gasteiger partial charge in [0.05, 0.1) is 0 Å². The second-order valence-electron chi connectivity index (χ2n) is 6.16. The van der Waals surface area contributed by atoms with Gasteiger partial charge in [-0.1, -0.05) is 13.8 Å². The molecule has 0 spiro atoms. The van der Waals surface area contributed by atoms with E-state index in [1.165, 1.54) is 36.4 Å². The van der Waals surface area contributed by atoms with Crippen LogP contribution in [0, 0.1) is 12.8 Å². The number of hydrogen-bond donors (Lipinski definition) is 2.